The standard InChI is InChI=1S/C23H35N3O4S/c1-22(2)16-9-10-23(3,13-16)21(22)25-20(28)15-7-8-18(24-4)19(12-15)31(29,30)26-11-5-6-17(27)14-26/h7-8,12,16-17,21,24,27H,5-6,9-11,13-14H2,1-4H3,(H,25,28). The predicted molar refractivity (Wildman–Crippen MR) is 120 cm³/mol. The molecular formula is C23H35N3O4S. The molecule has 2 bridgehead atoms. The van der Waals surface area contributed by atoms with Crippen molar-refractivity contribution >= 4 is 21.6 Å². The number of aliphatic hydroxyl groups excluding tert-OH is 1. The number of nitrogens with zero attached hydrogens (tertiary/aromatic N) is 1. The van der Waals surface area contributed by atoms with Crippen LogP contribution in [0.2, 0.25) is 0 Å². The minimum absolute atomic E-state index is 0.0203. The van der Waals surface area contributed by atoms with Crippen LogP contribution in [0.25, 0.3) is 0 Å². The Morgan fingerprint density at radius 2 is 1.97 bits per heavy atom. The molecule has 3 aliphatic rings. The molecule has 1 aromatic carbocycles. The number of benzene rings is 1. The monoisotopic (exact) mass is 449 g/mol. The molecule has 31 heavy (non-hydrogen) atoms. The molecule has 4 rings (SSSR count). The van der Waals surface area contributed by atoms with E-state index in [1.54, 1.807) is 19.2 Å². The Morgan fingerprint density at radius 1 is 1.23 bits per heavy atom. The Morgan fingerprint density at radius 3 is 2.58 bits per heavy atom. The fourth-order valence-corrected chi connectivity index (χ4v) is 7.98. The number of nitrogens with one attached hydrogen (secondary N) is 2. The van der Waals surface area contributed by atoms with Crippen molar-refractivity contribution < 1.29 is 18.3 Å². The summed E-state index contributed by atoms with van der Waals surface area (Å²) in [4.78, 5) is 13.3. The van der Waals surface area contributed by atoms with E-state index in [4.69, 9.17) is 0 Å². The van der Waals surface area contributed by atoms with E-state index < -0.39 is 16.1 Å². The number of carbonyl (C=O) groups excluding carboxylic acids is 1. The number of hydrogen-bond donors (Lipinski definition) is 3. The van der Waals surface area contributed by atoms with Crippen LogP contribution in [0.4, 0.5) is 5.69 Å². The molecule has 1 aliphatic heterocycles. The van der Waals surface area contributed by atoms with Gasteiger partial charge in [-0.15, -0.1) is 0 Å². The molecule has 8 heteroatoms. The van der Waals surface area contributed by atoms with Crippen LogP contribution in [0.5, 0.6) is 0 Å². The van der Waals surface area contributed by atoms with Crippen molar-refractivity contribution in [1.82, 2.24) is 9.62 Å². The van der Waals surface area contributed by atoms with Gasteiger partial charge in [0.05, 0.1) is 11.8 Å². The SMILES string of the molecule is CNc1ccc(C(=O)NC2C3(C)CCC(C3)C2(C)C)cc1S(=O)(=O)N1CCCC(O)C1. The van der Waals surface area contributed by atoms with E-state index in [1.807, 2.05) is 0 Å². The quantitative estimate of drug-likeness (QED) is 0.642. The smallest absolute Gasteiger partial charge is 0.251 e. The van der Waals surface area contributed by atoms with Crippen LogP contribution in [0, 0.1) is 16.7 Å². The summed E-state index contributed by atoms with van der Waals surface area (Å²) in [6, 6.07) is 4.86. The normalized spacial score (nSPS) is 32.7. The Balaban J connectivity index is 1.62. The zero-order chi connectivity index (χ0) is 22.6. The lowest BCUT2D eigenvalue weighted by molar-refractivity contribution is 0.0737. The molecule has 3 N–H and O–H groups in total. The Hall–Kier alpha value is -1.64. The lowest BCUT2D eigenvalue weighted by Gasteiger charge is -2.43. The van der Waals surface area contributed by atoms with Gasteiger partial charge in [0.1, 0.15) is 4.90 Å². The van der Waals surface area contributed by atoms with Crippen LogP contribution in [-0.2, 0) is 10.0 Å². The van der Waals surface area contributed by atoms with Crippen molar-refractivity contribution in [1.29, 1.82) is 0 Å². The Labute approximate surface area is 185 Å². The van der Waals surface area contributed by atoms with Gasteiger partial charge in [-0.1, -0.05) is 20.8 Å². The summed E-state index contributed by atoms with van der Waals surface area (Å²) in [6.07, 6.45) is 4.00. The van der Waals surface area contributed by atoms with Gasteiger partial charge in [0.15, 0.2) is 0 Å². The second-order valence-electron chi connectivity index (χ2n) is 10.4. The van der Waals surface area contributed by atoms with Crippen molar-refractivity contribution in [3.05, 3.63) is 23.8 Å². The number of fused-ring (bicyclic) bond motifs is 2. The van der Waals surface area contributed by atoms with Gasteiger partial charge in [-0.3, -0.25) is 4.79 Å². The maximum Gasteiger partial charge on any atom is 0.251 e. The van der Waals surface area contributed by atoms with Gasteiger partial charge in [-0.2, -0.15) is 4.31 Å². The van der Waals surface area contributed by atoms with E-state index >= 15 is 0 Å². The van der Waals surface area contributed by atoms with Crippen molar-refractivity contribution in [3.8, 4) is 0 Å². The number of anilines is 1. The van der Waals surface area contributed by atoms with E-state index in [-0.39, 0.29) is 34.2 Å². The molecular weight excluding hydrogens is 414 g/mol. The molecule has 1 amide bonds. The zero-order valence-corrected chi connectivity index (χ0v) is 19.8. The lowest BCUT2D eigenvalue weighted by Crippen LogP contribution is -2.52. The van der Waals surface area contributed by atoms with Crippen LogP contribution < -0.4 is 10.6 Å². The second-order valence-corrected chi connectivity index (χ2v) is 12.3. The molecule has 1 heterocycles. The first kappa shape index (κ1) is 22.6. The minimum atomic E-state index is -3.83. The van der Waals surface area contributed by atoms with Crippen LogP contribution in [0.15, 0.2) is 23.1 Å². The van der Waals surface area contributed by atoms with Crippen molar-refractivity contribution in [2.24, 2.45) is 16.7 Å². The summed E-state index contributed by atoms with van der Waals surface area (Å²) in [6.45, 7) is 7.17. The zero-order valence-electron chi connectivity index (χ0n) is 18.9. The molecule has 1 aromatic rings. The molecule has 4 unspecified atom stereocenters. The maximum atomic E-state index is 13.3. The summed E-state index contributed by atoms with van der Waals surface area (Å²) in [5.74, 6) is 0.376. The molecule has 0 spiro atoms. The molecule has 1 saturated heterocycles. The van der Waals surface area contributed by atoms with Gasteiger partial charge in [0.25, 0.3) is 5.91 Å². The topological polar surface area (TPSA) is 98.7 Å². The molecule has 2 aliphatic carbocycles. The van der Waals surface area contributed by atoms with Gasteiger partial charge >= 0.3 is 0 Å². The maximum absolute atomic E-state index is 13.3. The van der Waals surface area contributed by atoms with Crippen molar-refractivity contribution in [2.75, 3.05) is 25.5 Å². The average Bonchev–Trinajstić information content (AvgIpc) is 3.21. The number of sulfonamides is 1. The highest BCUT2D eigenvalue weighted by Gasteiger charge is 2.59. The van der Waals surface area contributed by atoms with Gasteiger partial charge in [0.2, 0.25) is 10.0 Å². The number of piperidine rings is 1. The molecule has 0 radical (unpaired) electrons. The summed E-state index contributed by atoms with van der Waals surface area (Å²) in [5.41, 5.74) is 0.904. The second kappa shape index (κ2) is 7.74. The number of carbonyl (C=O) groups is 1. The molecule has 4 atom stereocenters. The predicted octanol–water partition coefficient (Wildman–Crippen LogP) is 2.82. The van der Waals surface area contributed by atoms with Crippen molar-refractivity contribution in [3.63, 3.8) is 0 Å². The largest absolute Gasteiger partial charge is 0.392 e. The number of amides is 1. The van der Waals surface area contributed by atoms with E-state index in [0.717, 1.165) is 12.8 Å². The Kier molecular flexibility index (Phi) is 5.63. The molecule has 7 nitrogen and oxygen atoms in total. The highest BCUT2D eigenvalue weighted by molar-refractivity contribution is 7.89. The molecule has 0 aromatic heterocycles. The third-order valence-electron chi connectivity index (χ3n) is 8.04. The number of aliphatic hydroxyl groups is 1. The Bertz CT molecular complexity index is 972. The number of rotatable bonds is 5. The third kappa shape index (κ3) is 3.76. The summed E-state index contributed by atoms with van der Waals surface area (Å²) in [7, 11) is -2.17. The van der Waals surface area contributed by atoms with Crippen molar-refractivity contribution in [2.45, 2.75) is 69.9 Å². The molecule has 2 saturated carbocycles. The highest BCUT2D eigenvalue weighted by Crippen LogP contribution is 2.62. The van der Waals surface area contributed by atoms with Gasteiger partial charge in [-0.05, 0) is 67.1 Å². The summed E-state index contributed by atoms with van der Waals surface area (Å²) < 4.78 is 28.0. The summed E-state index contributed by atoms with van der Waals surface area (Å²) in [5, 5.41) is 16.1. The molecule has 3 fully saturated rings. The minimum Gasteiger partial charge on any atom is -0.392 e. The first-order valence-electron chi connectivity index (χ1n) is 11.3. The average molecular weight is 450 g/mol. The summed E-state index contributed by atoms with van der Waals surface area (Å²) >= 11 is 0. The van der Waals surface area contributed by atoms with E-state index in [0.29, 0.717) is 36.6 Å². The van der Waals surface area contributed by atoms with E-state index in [9.17, 15) is 18.3 Å². The van der Waals surface area contributed by atoms with Crippen LogP contribution >= 0.6 is 0 Å². The highest BCUT2D eigenvalue weighted by atomic mass is 32.2. The van der Waals surface area contributed by atoms with Gasteiger partial charge < -0.3 is 15.7 Å². The fourth-order valence-electron chi connectivity index (χ4n) is 6.24. The lowest BCUT2D eigenvalue weighted by atomic mass is 9.68. The fraction of sp³-hybridized carbons (Fsp3) is 0.696. The van der Waals surface area contributed by atoms with E-state index in [1.165, 1.54) is 16.8 Å². The van der Waals surface area contributed by atoms with Crippen LogP contribution in [0.1, 0.15) is 63.2 Å². The van der Waals surface area contributed by atoms with Gasteiger partial charge in [0, 0.05) is 31.7 Å². The van der Waals surface area contributed by atoms with E-state index in [2.05, 4.69) is 31.4 Å². The molecule has 172 valence electrons. The first-order valence-corrected chi connectivity index (χ1v) is 12.7. The number of β-amino-alcohol motifs (C(OH)–C–C–N with tert-alkyl or cyclic N) is 1. The first-order chi connectivity index (χ1) is 14.5. The van der Waals surface area contributed by atoms with Crippen LogP contribution in [-0.4, -0.2) is 56.0 Å². The van der Waals surface area contributed by atoms with Crippen LogP contribution in [0.3, 0.4) is 0 Å². The number of hydrogen-bond acceptors (Lipinski definition) is 5. The van der Waals surface area contributed by atoms with Gasteiger partial charge in [-0.25, -0.2) is 8.42 Å². The third-order valence-corrected chi connectivity index (χ3v) is 9.94.